The van der Waals surface area contributed by atoms with Crippen LogP contribution in [0.2, 0.25) is 0 Å². The molecule has 3 aromatic heterocycles. The number of rotatable bonds is 3. The van der Waals surface area contributed by atoms with Crippen LogP contribution in [0.5, 0.6) is 0 Å². The van der Waals surface area contributed by atoms with Gasteiger partial charge in [0.1, 0.15) is 6.07 Å². The highest BCUT2D eigenvalue weighted by Crippen LogP contribution is 2.35. The number of pyridine rings is 2. The van der Waals surface area contributed by atoms with Crippen LogP contribution in [0, 0.1) is 17.1 Å². The fourth-order valence-electron chi connectivity index (χ4n) is 3.03. The molecule has 0 bridgehead atoms. The summed E-state index contributed by atoms with van der Waals surface area (Å²) in [5.74, 6) is -2.19. The molecule has 1 aromatic carbocycles. The van der Waals surface area contributed by atoms with Gasteiger partial charge in [0.2, 0.25) is 0 Å². The summed E-state index contributed by atoms with van der Waals surface area (Å²) in [5.41, 5.74) is -2.77. The Morgan fingerprint density at radius 1 is 1.13 bits per heavy atom. The monoisotopic (exact) mass is 426 g/mol. The third-order valence-electron chi connectivity index (χ3n) is 4.36. The average Bonchev–Trinajstić information content (AvgIpc) is 3.19. The highest BCUT2D eigenvalue weighted by atomic mass is 19.4. The summed E-state index contributed by atoms with van der Waals surface area (Å²) in [4.78, 5) is 20.0. The molecule has 0 aliphatic rings. The molecule has 0 spiro atoms. The predicted octanol–water partition coefficient (Wildman–Crippen LogP) is 4.10. The van der Waals surface area contributed by atoms with Gasteiger partial charge >= 0.3 is 6.18 Å². The number of carbonyl (C=O) groups excluding carboxylic acids is 1. The van der Waals surface area contributed by atoms with E-state index < -0.39 is 34.9 Å². The predicted molar refractivity (Wildman–Crippen MR) is 101 cm³/mol. The van der Waals surface area contributed by atoms with Crippen LogP contribution in [0.1, 0.15) is 21.7 Å². The lowest BCUT2D eigenvalue weighted by Crippen LogP contribution is -2.21. The van der Waals surface area contributed by atoms with Gasteiger partial charge < -0.3 is 5.32 Å². The zero-order valence-corrected chi connectivity index (χ0v) is 15.4. The zero-order valence-electron chi connectivity index (χ0n) is 15.4. The Balaban J connectivity index is 1.80. The first kappa shape index (κ1) is 20.0. The zero-order chi connectivity index (χ0) is 22.2. The molecule has 0 fully saturated rings. The number of anilines is 1. The highest BCUT2D eigenvalue weighted by molar-refractivity contribution is 6.05. The molecule has 4 rings (SSSR count). The van der Waals surface area contributed by atoms with Crippen molar-refractivity contribution in [1.29, 1.82) is 5.26 Å². The normalized spacial score (nSPS) is 11.3. The van der Waals surface area contributed by atoms with E-state index in [0.29, 0.717) is 15.5 Å². The van der Waals surface area contributed by atoms with Gasteiger partial charge in [-0.15, -0.1) is 0 Å². The third-order valence-corrected chi connectivity index (χ3v) is 4.36. The van der Waals surface area contributed by atoms with Crippen molar-refractivity contribution in [3.8, 4) is 11.8 Å². The Morgan fingerprint density at radius 2 is 1.90 bits per heavy atom. The smallest absolute Gasteiger partial charge is 0.320 e. The summed E-state index contributed by atoms with van der Waals surface area (Å²) >= 11 is 0. The molecule has 0 unspecified atom stereocenters. The number of halogens is 4. The van der Waals surface area contributed by atoms with E-state index in [0.717, 1.165) is 18.5 Å². The first-order chi connectivity index (χ1) is 14.8. The summed E-state index contributed by atoms with van der Waals surface area (Å²) in [5, 5.41) is 15.7. The summed E-state index contributed by atoms with van der Waals surface area (Å²) in [7, 11) is 0. The Bertz CT molecular complexity index is 1350. The Morgan fingerprint density at radius 3 is 2.61 bits per heavy atom. The lowest BCUT2D eigenvalue weighted by atomic mass is 10.1. The molecule has 7 nitrogen and oxygen atoms in total. The van der Waals surface area contributed by atoms with Crippen LogP contribution in [0.3, 0.4) is 0 Å². The highest BCUT2D eigenvalue weighted by Gasteiger charge is 2.41. The van der Waals surface area contributed by atoms with Crippen molar-refractivity contribution in [3.05, 3.63) is 77.9 Å². The molecule has 0 aliphatic carbocycles. The number of benzene rings is 1. The fraction of sp³-hybridized carbons (Fsp3) is 0.0500. The molecule has 1 amide bonds. The van der Waals surface area contributed by atoms with Crippen molar-refractivity contribution >= 4 is 22.4 Å². The molecule has 3 heterocycles. The number of carbonyl (C=O) groups is 1. The van der Waals surface area contributed by atoms with E-state index in [4.69, 9.17) is 5.26 Å². The molecule has 0 saturated heterocycles. The maximum Gasteiger partial charge on any atom is 0.434 e. The van der Waals surface area contributed by atoms with E-state index in [1.807, 2.05) is 0 Å². The van der Waals surface area contributed by atoms with Crippen molar-refractivity contribution in [2.75, 3.05) is 5.32 Å². The number of amides is 1. The van der Waals surface area contributed by atoms with Gasteiger partial charge in [-0.3, -0.25) is 9.78 Å². The molecule has 0 atom stereocenters. The number of fused-ring (bicyclic) bond motifs is 1. The maximum atomic E-state index is 13.9. The first-order valence-electron chi connectivity index (χ1n) is 8.65. The van der Waals surface area contributed by atoms with Gasteiger partial charge in [-0.1, -0.05) is 24.3 Å². The van der Waals surface area contributed by atoms with Gasteiger partial charge in [0, 0.05) is 23.0 Å². The van der Waals surface area contributed by atoms with Crippen molar-refractivity contribution in [3.63, 3.8) is 0 Å². The van der Waals surface area contributed by atoms with E-state index in [1.165, 1.54) is 18.5 Å². The topological polar surface area (TPSA) is 96.5 Å². The second kappa shape index (κ2) is 7.49. The Hall–Kier alpha value is -4.33. The quantitative estimate of drug-likeness (QED) is 0.498. The number of aromatic nitrogens is 4. The van der Waals surface area contributed by atoms with E-state index >= 15 is 0 Å². The van der Waals surface area contributed by atoms with Crippen LogP contribution in [0.4, 0.5) is 23.2 Å². The summed E-state index contributed by atoms with van der Waals surface area (Å²) < 4.78 is 56.1. The summed E-state index contributed by atoms with van der Waals surface area (Å²) in [6.07, 6.45) is -0.491. The van der Waals surface area contributed by atoms with Crippen LogP contribution < -0.4 is 5.32 Å². The molecular weight excluding hydrogens is 416 g/mol. The van der Waals surface area contributed by atoms with Gasteiger partial charge in [-0.2, -0.15) is 23.5 Å². The van der Waals surface area contributed by atoms with Gasteiger partial charge in [-0.25, -0.2) is 14.1 Å². The number of nitriles is 1. The minimum absolute atomic E-state index is 0.0376. The van der Waals surface area contributed by atoms with Crippen molar-refractivity contribution in [2.24, 2.45) is 0 Å². The van der Waals surface area contributed by atoms with Crippen LogP contribution in [0.15, 0.2) is 55.1 Å². The van der Waals surface area contributed by atoms with Gasteiger partial charge in [0.25, 0.3) is 5.91 Å². The standard InChI is InChI=1S/C20H10F4N6O/c21-15-5-12(8-27-16(15)6-25)29-19(31)14-9-28-30(18(14)20(22,23)24)17-10-26-7-11-3-1-2-4-13(11)17/h1-5,7-10H,(H,29,31). The van der Waals surface area contributed by atoms with Gasteiger partial charge in [-0.05, 0) is 0 Å². The average molecular weight is 426 g/mol. The molecule has 4 aromatic rings. The van der Waals surface area contributed by atoms with Crippen LogP contribution in [0.25, 0.3) is 16.5 Å². The van der Waals surface area contributed by atoms with Gasteiger partial charge in [0.15, 0.2) is 17.2 Å². The van der Waals surface area contributed by atoms with Crippen molar-refractivity contribution < 1.29 is 22.4 Å². The number of hydrogen-bond acceptors (Lipinski definition) is 5. The number of nitrogens with one attached hydrogen (secondary N) is 1. The molecule has 31 heavy (non-hydrogen) atoms. The van der Waals surface area contributed by atoms with Gasteiger partial charge in [0.05, 0.1) is 35.5 Å². The van der Waals surface area contributed by atoms with E-state index in [1.54, 1.807) is 24.3 Å². The molecule has 0 radical (unpaired) electrons. The lowest BCUT2D eigenvalue weighted by Gasteiger charge is -2.14. The minimum atomic E-state index is -4.94. The molecule has 11 heteroatoms. The maximum absolute atomic E-state index is 13.9. The minimum Gasteiger partial charge on any atom is -0.320 e. The second-order valence-electron chi connectivity index (χ2n) is 6.32. The summed E-state index contributed by atoms with van der Waals surface area (Å²) in [6.45, 7) is 0. The Kier molecular flexibility index (Phi) is 4.82. The third kappa shape index (κ3) is 3.66. The molecule has 0 aliphatic heterocycles. The molecule has 0 saturated carbocycles. The molecule has 1 N–H and O–H groups in total. The summed E-state index contributed by atoms with van der Waals surface area (Å²) in [6, 6.07) is 8.96. The first-order valence-corrected chi connectivity index (χ1v) is 8.65. The largest absolute Gasteiger partial charge is 0.434 e. The molecule has 154 valence electrons. The second-order valence-corrected chi connectivity index (χ2v) is 6.32. The van der Waals surface area contributed by atoms with Crippen molar-refractivity contribution in [2.45, 2.75) is 6.18 Å². The number of hydrogen-bond donors (Lipinski definition) is 1. The van der Waals surface area contributed by atoms with Crippen LogP contribution in [-0.4, -0.2) is 25.7 Å². The Labute approximate surface area is 171 Å². The van der Waals surface area contributed by atoms with E-state index in [-0.39, 0.29) is 11.4 Å². The fourth-order valence-corrected chi connectivity index (χ4v) is 3.03. The SMILES string of the molecule is N#Cc1ncc(NC(=O)c2cnn(-c3cncc4ccccc34)c2C(F)(F)F)cc1F. The number of alkyl halides is 3. The van der Waals surface area contributed by atoms with Crippen LogP contribution >= 0.6 is 0 Å². The number of nitrogens with zero attached hydrogens (tertiary/aromatic N) is 5. The molecular formula is C20H10F4N6O. The van der Waals surface area contributed by atoms with E-state index in [2.05, 4.69) is 20.4 Å². The van der Waals surface area contributed by atoms with E-state index in [9.17, 15) is 22.4 Å². The lowest BCUT2D eigenvalue weighted by molar-refractivity contribution is -0.143. The van der Waals surface area contributed by atoms with Crippen LogP contribution in [-0.2, 0) is 6.18 Å². The van der Waals surface area contributed by atoms with Crippen molar-refractivity contribution in [1.82, 2.24) is 19.7 Å².